The zero-order valence-corrected chi connectivity index (χ0v) is 27.2. The first-order valence-electron chi connectivity index (χ1n) is 13.3. The highest BCUT2D eigenvalue weighted by molar-refractivity contribution is 5.94. The van der Waals surface area contributed by atoms with Crippen molar-refractivity contribution in [2.45, 2.75) is 0 Å². The number of hydrogen-bond acceptors (Lipinski definition) is 16. The molecule has 0 heterocycles. The van der Waals surface area contributed by atoms with Crippen LogP contribution in [0.5, 0.6) is 0 Å². The molecule has 0 aromatic carbocycles. The Morgan fingerprint density at radius 3 is 0.630 bits per heavy atom. The average Bonchev–Trinajstić information content (AvgIpc) is 3.07. The summed E-state index contributed by atoms with van der Waals surface area (Å²) in [5.41, 5.74) is -1.35. The van der Waals surface area contributed by atoms with Crippen LogP contribution in [0.3, 0.4) is 0 Å². The Hall–Kier alpha value is -5.38. The largest absolute Gasteiger partial charge is 0.464 e. The van der Waals surface area contributed by atoms with E-state index in [1.54, 1.807) is 4.90 Å². The minimum Gasteiger partial charge on any atom is -0.464 e. The van der Waals surface area contributed by atoms with Crippen LogP contribution in [0.2, 0.25) is 0 Å². The first-order chi connectivity index (χ1) is 21.6. The Morgan fingerprint density at radius 1 is 0.348 bits per heavy atom. The normalized spacial score (nSPS) is 9.98. The lowest BCUT2D eigenvalue weighted by atomic mass is 10.2. The van der Waals surface area contributed by atoms with E-state index in [4.69, 9.17) is 28.4 Å². The van der Waals surface area contributed by atoms with Gasteiger partial charge in [-0.3, -0.25) is 4.90 Å². The highest BCUT2D eigenvalue weighted by Crippen LogP contribution is 2.17. The maximum atomic E-state index is 12.3. The molecule has 0 atom stereocenters. The van der Waals surface area contributed by atoms with Crippen molar-refractivity contribution in [1.82, 2.24) is 19.6 Å². The van der Waals surface area contributed by atoms with Crippen molar-refractivity contribution in [3.05, 3.63) is 73.7 Å². The third-order valence-corrected chi connectivity index (χ3v) is 6.40. The first kappa shape index (κ1) is 40.6. The van der Waals surface area contributed by atoms with Gasteiger partial charge in [0.05, 0.1) is 42.7 Å². The van der Waals surface area contributed by atoms with Crippen LogP contribution in [-0.4, -0.2) is 137 Å². The van der Waals surface area contributed by atoms with Crippen LogP contribution in [0.25, 0.3) is 0 Å². The summed E-state index contributed by atoms with van der Waals surface area (Å²) < 4.78 is 28.5. The number of nitrogens with zero attached hydrogens (tertiary/aromatic N) is 4. The molecule has 0 saturated heterocycles. The Morgan fingerprint density at radius 2 is 0.500 bits per heavy atom. The maximum absolute atomic E-state index is 12.3. The molecule has 0 aromatic rings. The molecule has 0 aliphatic heterocycles. The lowest BCUT2D eigenvalue weighted by molar-refractivity contribution is -0.141. The smallest absolute Gasteiger partial charge is 0.354 e. The molecular formula is C30H42N4O12. The quantitative estimate of drug-likeness (QED) is 0.0944. The summed E-state index contributed by atoms with van der Waals surface area (Å²) in [5, 5.41) is 0. The molecule has 0 aliphatic rings. The van der Waals surface area contributed by atoms with Gasteiger partial charge in [0, 0.05) is 39.3 Å². The van der Waals surface area contributed by atoms with Gasteiger partial charge in [0.15, 0.2) is 0 Å². The molecule has 0 rings (SSSR count). The van der Waals surface area contributed by atoms with Crippen molar-refractivity contribution in [2.75, 3.05) is 81.9 Å². The first-order valence-corrected chi connectivity index (χ1v) is 13.3. The van der Waals surface area contributed by atoms with Gasteiger partial charge in [0.25, 0.3) is 0 Å². The molecule has 0 saturated carbocycles. The van der Waals surface area contributed by atoms with Gasteiger partial charge in [-0.25, -0.2) is 28.8 Å². The van der Waals surface area contributed by atoms with E-state index in [2.05, 4.69) is 39.5 Å². The highest BCUT2D eigenvalue weighted by Gasteiger charge is 2.28. The summed E-state index contributed by atoms with van der Waals surface area (Å²) in [5.74, 6) is -5.08. The Labute approximate surface area is 268 Å². The van der Waals surface area contributed by atoms with Gasteiger partial charge < -0.3 is 43.1 Å². The maximum Gasteiger partial charge on any atom is 0.354 e. The Bertz CT molecular complexity index is 1040. The second kappa shape index (κ2) is 19.8. The molecule has 16 nitrogen and oxygen atoms in total. The molecule has 0 bridgehead atoms. The van der Waals surface area contributed by atoms with Gasteiger partial charge in [0.1, 0.15) is 34.2 Å². The van der Waals surface area contributed by atoms with E-state index in [0.29, 0.717) is 0 Å². The molecule has 0 aliphatic carbocycles. The Balaban J connectivity index is 6.63. The van der Waals surface area contributed by atoms with Gasteiger partial charge in [0.2, 0.25) is 0 Å². The van der Waals surface area contributed by atoms with Crippen molar-refractivity contribution in [3.8, 4) is 0 Å². The van der Waals surface area contributed by atoms with E-state index in [-0.39, 0.29) is 73.5 Å². The van der Waals surface area contributed by atoms with E-state index >= 15 is 0 Å². The number of carbonyl (C=O) groups is 6. The third-order valence-electron chi connectivity index (χ3n) is 6.40. The predicted octanol–water partition coefficient (Wildman–Crippen LogP) is 0.315. The minimum absolute atomic E-state index is 0.0402. The fourth-order valence-electron chi connectivity index (χ4n) is 3.73. The van der Waals surface area contributed by atoms with Crippen molar-refractivity contribution < 1.29 is 57.2 Å². The fourth-order valence-corrected chi connectivity index (χ4v) is 3.73. The van der Waals surface area contributed by atoms with Crippen LogP contribution in [0, 0.1) is 0 Å². The zero-order chi connectivity index (χ0) is 35.7. The number of ether oxygens (including phenoxy) is 6. The molecule has 0 N–H and O–H groups in total. The molecule has 0 fully saturated rings. The average molecular weight is 651 g/mol. The second-order valence-electron chi connectivity index (χ2n) is 8.93. The van der Waals surface area contributed by atoms with Crippen LogP contribution in [0.15, 0.2) is 73.7 Å². The van der Waals surface area contributed by atoms with E-state index in [0.717, 1.165) is 42.7 Å². The number of rotatable bonds is 21. The van der Waals surface area contributed by atoms with Crippen LogP contribution >= 0.6 is 0 Å². The van der Waals surface area contributed by atoms with E-state index in [1.807, 2.05) is 0 Å². The van der Waals surface area contributed by atoms with Gasteiger partial charge >= 0.3 is 35.8 Å². The molecule has 0 aromatic heterocycles. The molecule has 16 heteroatoms. The minimum atomic E-state index is -0.846. The van der Waals surface area contributed by atoms with Gasteiger partial charge in [-0.15, -0.1) is 0 Å². The highest BCUT2D eigenvalue weighted by atomic mass is 16.5. The molecule has 46 heavy (non-hydrogen) atoms. The summed E-state index contributed by atoms with van der Waals surface area (Å²) in [7, 11) is 6.79. The van der Waals surface area contributed by atoms with Crippen molar-refractivity contribution in [1.29, 1.82) is 0 Å². The number of hydrogen-bond donors (Lipinski definition) is 0. The summed E-state index contributed by atoms with van der Waals surface area (Å²) >= 11 is 0. The lowest BCUT2D eigenvalue weighted by Gasteiger charge is -2.33. The van der Waals surface area contributed by atoms with Crippen LogP contribution < -0.4 is 0 Å². The van der Waals surface area contributed by atoms with Crippen molar-refractivity contribution >= 4 is 35.8 Å². The summed E-state index contributed by atoms with van der Waals surface area (Å²) in [6.45, 7) is 22.0. The molecule has 0 spiro atoms. The van der Waals surface area contributed by atoms with Gasteiger partial charge in [-0.05, 0) is 0 Å². The summed E-state index contributed by atoms with van der Waals surface area (Å²) in [6.07, 6.45) is 0. The van der Waals surface area contributed by atoms with Crippen LogP contribution in [-0.2, 0) is 57.2 Å². The van der Waals surface area contributed by atoms with Crippen molar-refractivity contribution in [2.24, 2.45) is 0 Å². The van der Waals surface area contributed by atoms with E-state index in [1.165, 1.54) is 14.7 Å². The molecule has 0 amide bonds. The number of methoxy groups -OCH3 is 6. The summed E-state index contributed by atoms with van der Waals surface area (Å²) in [4.78, 5) is 79.2. The summed E-state index contributed by atoms with van der Waals surface area (Å²) in [6, 6.07) is 0. The molecule has 0 radical (unpaired) electrons. The standard InChI is InChI=1S/C30H42N4O12/c1-19(25(35)41-7)32(20(2)26(36)42-8)16-13-31(14-17-33(21(3)27(37)43-9)22(4)28(38)44-10)15-18-34(23(5)29(39)45-11)24(6)30(40)46-12/h1-6,13-18H2,7-12H3. The monoisotopic (exact) mass is 650 g/mol. The van der Waals surface area contributed by atoms with E-state index < -0.39 is 35.8 Å². The fraction of sp³-hybridized carbons (Fsp3) is 0.400. The predicted molar refractivity (Wildman–Crippen MR) is 163 cm³/mol. The Kier molecular flexibility index (Phi) is 17.5. The number of carbonyl (C=O) groups excluding carboxylic acids is 6. The molecule has 254 valence electrons. The third kappa shape index (κ3) is 11.3. The van der Waals surface area contributed by atoms with Crippen LogP contribution in [0.1, 0.15) is 0 Å². The van der Waals surface area contributed by atoms with Crippen LogP contribution in [0.4, 0.5) is 0 Å². The SMILES string of the molecule is C=C(C(=O)OC)N(CCN(CCN(C(=C)C(=O)OC)C(=C)C(=O)OC)CCN(C(=C)C(=O)OC)C(=C)C(=O)OC)C(=C)C(=O)OC. The second-order valence-corrected chi connectivity index (χ2v) is 8.93. The molecule has 0 unspecified atom stereocenters. The van der Waals surface area contributed by atoms with Gasteiger partial charge in [-0.2, -0.15) is 0 Å². The molecular weight excluding hydrogens is 608 g/mol. The van der Waals surface area contributed by atoms with Crippen molar-refractivity contribution in [3.63, 3.8) is 0 Å². The topological polar surface area (TPSA) is 171 Å². The van der Waals surface area contributed by atoms with E-state index in [9.17, 15) is 28.8 Å². The zero-order valence-electron chi connectivity index (χ0n) is 27.2. The lowest BCUT2D eigenvalue weighted by Crippen LogP contribution is -2.45. The number of esters is 6. The van der Waals surface area contributed by atoms with Gasteiger partial charge in [-0.1, -0.05) is 39.5 Å².